The number of ether oxygens (including phenoxy) is 2. The van der Waals surface area contributed by atoms with Crippen LogP contribution in [0.2, 0.25) is 0 Å². The van der Waals surface area contributed by atoms with E-state index in [0.717, 1.165) is 5.56 Å². The molecule has 1 fully saturated rings. The molecule has 6 nitrogen and oxygen atoms in total. The smallest absolute Gasteiger partial charge is 0.227 e. The van der Waals surface area contributed by atoms with E-state index in [9.17, 15) is 4.79 Å². The van der Waals surface area contributed by atoms with Gasteiger partial charge in [0.05, 0.1) is 12.0 Å². The van der Waals surface area contributed by atoms with E-state index >= 15 is 0 Å². The van der Waals surface area contributed by atoms with Gasteiger partial charge in [0, 0.05) is 31.9 Å². The summed E-state index contributed by atoms with van der Waals surface area (Å²) >= 11 is 0. The summed E-state index contributed by atoms with van der Waals surface area (Å²) in [4.78, 5) is 12.5. The quantitative estimate of drug-likeness (QED) is 0.682. The number of carbonyl (C=O) groups excluding carboxylic acids is 1. The molecule has 0 atom stereocenters. The molecule has 1 heterocycles. The predicted molar refractivity (Wildman–Crippen MR) is 89.7 cm³/mol. The van der Waals surface area contributed by atoms with E-state index in [2.05, 4.69) is 5.32 Å². The Morgan fingerprint density at radius 3 is 2.70 bits per heavy atom. The van der Waals surface area contributed by atoms with Crippen molar-refractivity contribution in [1.29, 1.82) is 0 Å². The lowest BCUT2D eigenvalue weighted by molar-refractivity contribution is -0.136. The molecule has 0 radical (unpaired) electrons. The van der Waals surface area contributed by atoms with Crippen LogP contribution in [0, 0.1) is 5.41 Å². The zero-order chi connectivity index (χ0) is 15.8. The van der Waals surface area contributed by atoms with Gasteiger partial charge < -0.3 is 25.6 Å². The Kier molecular flexibility index (Phi) is 8.33. The highest BCUT2D eigenvalue weighted by Gasteiger charge is 2.38. The minimum atomic E-state index is -0.529. The van der Waals surface area contributed by atoms with Gasteiger partial charge in [0.15, 0.2) is 0 Å². The number of benzene rings is 1. The summed E-state index contributed by atoms with van der Waals surface area (Å²) in [6.07, 6.45) is 1.30. The average molecular weight is 345 g/mol. The van der Waals surface area contributed by atoms with Crippen LogP contribution in [0.3, 0.4) is 0 Å². The minimum Gasteiger partial charge on any atom is -0.491 e. The van der Waals surface area contributed by atoms with Crippen molar-refractivity contribution in [1.82, 2.24) is 5.32 Å². The summed E-state index contributed by atoms with van der Waals surface area (Å²) in [7, 11) is 0. The lowest BCUT2D eigenvalue weighted by Crippen LogP contribution is -2.49. The number of aliphatic hydroxyl groups excluding tert-OH is 1. The molecule has 2 rings (SSSR count). The minimum absolute atomic E-state index is 0. The van der Waals surface area contributed by atoms with Crippen molar-refractivity contribution in [3.8, 4) is 5.75 Å². The Hall–Kier alpha value is -1.34. The highest BCUT2D eigenvalue weighted by Crippen LogP contribution is 2.29. The first-order valence-electron chi connectivity index (χ1n) is 7.59. The molecule has 0 saturated carbocycles. The number of carbonyl (C=O) groups is 1. The Bertz CT molecular complexity index is 493. The van der Waals surface area contributed by atoms with Crippen LogP contribution in [0.1, 0.15) is 18.4 Å². The van der Waals surface area contributed by atoms with Crippen molar-refractivity contribution < 1.29 is 19.4 Å². The van der Waals surface area contributed by atoms with Crippen molar-refractivity contribution in [2.45, 2.75) is 19.4 Å². The molecule has 0 spiro atoms. The standard InChI is InChI=1S/C16H24N2O4.ClH/c17-12-16(5-8-21-9-6-16)15(20)18-11-13-3-1-2-4-14(13)22-10-7-19;/h1-4,19H,5-12,17H2,(H,18,20);1H. The largest absolute Gasteiger partial charge is 0.491 e. The third kappa shape index (κ3) is 5.07. The lowest BCUT2D eigenvalue weighted by Gasteiger charge is -2.34. The van der Waals surface area contributed by atoms with Gasteiger partial charge in [0.2, 0.25) is 5.91 Å². The van der Waals surface area contributed by atoms with Gasteiger partial charge in [-0.1, -0.05) is 18.2 Å². The number of hydrogen-bond donors (Lipinski definition) is 3. The Morgan fingerprint density at radius 1 is 1.35 bits per heavy atom. The molecule has 0 aliphatic carbocycles. The summed E-state index contributed by atoms with van der Waals surface area (Å²) < 4.78 is 10.8. The number of hydrogen-bond acceptors (Lipinski definition) is 5. The number of nitrogens with two attached hydrogens (primary N) is 1. The van der Waals surface area contributed by atoms with Gasteiger partial charge >= 0.3 is 0 Å². The van der Waals surface area contributed by atoms with E-state index in [-0.39, 0.29) is 31.5 Å². The van der Waals surface area contributed by atoms with E-state index in [0.29, 0.717) is 44.9 Å². The molecule has 1 aromatic rings. The molecule has 1 aromatic carbocycles. The topological polar surface area (TPSA) is 93.8 Å². The second-order valence-electron chi connectivity index (χ2n) is 5.46. The summed E-state index contributed by atoms with van der Waals surface area (Å²) in [6, 6.07) is 7.47. The third-order valence-electron chi connectivity index (χ3n) is 4.08. The number of para-hydroxylation sites is 1. The van der Waals surface area contributed by atoms with Crippen LogP contribution in [0.25, 0.3) is 0 Å². The summed E-state index contributed by atoms with van der Waals surface area (Å²) in [5, 5.41) is 11.8. The number of aliphatic hydroxyl groups is 1. The second kappa shape index (κ2) is 9.72. The van der Waals surface area contributed by atoms with Crippen LogP contribution in [0.4, 0.5) is 0 Å². The molecule has 1 aliphatic rings. The maximum atomic E-state index is 12.5. The first kappa shape index (κ1) is 19.7. The van der Waals surface area contributed by atoms with E-state index in [1.54, 1.807) is 0 Å². The highest BCUT2D eigenvalue weighted by atomic mass is 35.5. The number of amides is 1. The third-order valence-corrected chi connectivity index (χ3v) is 4.08. The number of rotatable bonds is 7. The van der Waals surface area contributed by atoms with Crippen LogP contribution in [-0.2, 0) is 16.1 Å². The molecule has 1 saturated heterocycles. The Morgan fingerprint density at radius 2 is 2.04 bits per heavy atom. The molecular formula is C16H25ClN2O4. The van der Waals surface area contributed by atoms with E-state index in [4.69, 9.17) is 20.3 Å². The van der Waals surface area contributed by atoms with Crippen LogP contribution >= 0.6 is 12.4 Å². The van der Waals surface area contributed by atoms with Crippen molar-refractivity contribution >= 4 is 18.3 Å². The zero-order valence-corrected chi connectivity index (χ0v) is 13.9. The van der Waals surface area contributed by atoms with Crippen LogP contribution < -0.4 is 15.8 Å². The predicted octanol–water partition coefficient (Wildman–Crippen LogP) is 0.851. The lowest BCUT2D eigenvalue weighted by atomic mass is 9.79. The highest BCUT2D eigenvalue weighted by molar-refractivity contribution is 5.85. The van der Waals surface area contributed by atoms with E-state index < -0.39 is 5.41 Å². The molecule has 23 heavy (non-hydrogen) atoms. The first-order chi connectivity index (χ1) is 10.7. The van der Waals surface area contributed by atoms with Gasteiger partial charge in [-0.05, 0) is 18.9 Å². The maximum Gasteiger partial charge on any atom is 0.227 e. The average Bonchev–Trinajstić information content (AvgIpc) is 2.59. The summed E-state index contributed by atoms with van der Waals surface area (Å²) in [5.74, 6) is 0.640. The van der Waals surface area contributed by atoms with Gasteiger partial charge in [0.1, 0.15) is 12.4 Å². The molecule has 0 unspecified atom stereocenters. The van der Waals surface area contributed by atoms with Gasteiger partial charge in [-0.2, -0.15) is 0 Å². The molecule has 0 bridgehead atoms. The van der Waals surface area contributed by atoms with Gasteiger partial charge in [0.25, 0.3) is 0 Å². The molecule has 4 N–H and O–H groups in total. The number of nitrogens with one attached hydrogen (secondary N) is 1. The Balaban J connectivity index is 0.00000264. The fraction of sp³-hybridized carbons (Fsp3) is 0.562. The molecule has 1 amide bonds. The maximum absolute atomic E-state index is 12.5. The SMILES string of the molecule is Cl.NCC1(C(=O)NCc2ccccc2OCCO)CCOCC1. The summed E-state index contributed by atoms with van der Waals surface area (Å²) in [6.45, 7) is 2.03. The van der Waals surface area contributed by atoms with E-state index in [1.165, 1.54) is 0 Å². The molecule has 1 aliphatic heterocycles. The van der Waals surface area contributed by atoms with Gasteiger partial charge in [-0.25, -0.2) is 0 Å². The van der Waals surface area contributed by atoms with Gasteiger partial charge in [-0.3, -0.25) is 4.79 Å². The molecular weight excluding hydrogens is 320 g/mol. The van der Waals surface area contributed by atoms with Crippen LogP contribution in [-0.4, -0.2) is 44.0 Å². The summed E-state index contributed by atoms with van der Waals surface area (Å²) in [5.41, 5.74) is 6.18. The number of halogens is 1. The first-order valence-corrected chi connectivity index (χ1v) is 7.59. The van der Waals surface area contributed by atoms with E-state index in [1.807, 2.05) is 24.3 Å². The van der Waals surface area contributed by atoms with Crippen LogP contribution in [0.5, 0.6) is 5.75 Å². The fourth-order valence-electron chi connectivity index (χ4n) is 2.60. The van der Waals surface area contributed by atoms with Crippen molar-refractivity contribution in [3.05, 3.63) is 29.8 Å². The van der Waals surface area contributed by atoms with Crippen LogP contribution in [0.15, 0.2) is 24.3 Å². The molecule has 7 heteroatoms. The monoisotopic (exact) mass is 344 g/mol. The van der Waals surface area contributed by atoms with Crippen molar-refractivity contribution in [3.63, 3.8) is 0 Å². The van der Waals surface area contributed by atoms with Crippen molar-refractivity contribution in [2.75, 3.05) is 33.0 Å². The second-order valence-corrected chi connectivity index (χ2v) is 5.46. The Labute approximate surface area is 142 Å². The molecule has 130 valence electrons. The fourth-order valence-corrected chi connectivity index (χ4v) is 2.60. The zero-order valence-electron chi connectivity index (χ0n) is 13.1. The molecule has 0 aromatic heterocycles. The van der Waals surface area contributed by atoms with Crippen molar-refractivity contribution in [2.24, 2.45) is 11.1 Å². The van der Waals surface area contributed by atoms with Gasteiger partial charge in [-0.15, -0.1) is 12.4 Å². The normalized spacial score (nSPS) is 16.3.